The molecule has 0 amide bonds. The van der Waals surface area contributed by atoms with Crippen molar-refractivity contribution >= 4 is 5.96 Å². The predicted octanol–water partition coefficient (Wildman–Crippen LogP) is 3.68. The van der Waals surface area contributed by atoms with Crippen molar-refractivity contribution in [2.45, 2.75) is 52.6 Å². The monoisotopic (exact) mass is 397 g/mol. The molecule has 2 heterocycles. The van der Waals surface area contributed by atoms with Crippen molar-refractivity contribution in [2.75, 3.05) is 26.2 Å². The summed E-state index contributed by atoms with van der Waals surface area (Å²) in [5.74, 6) is 1.31. The zero-order valence-electron chi connectivity index (χ0n) is 18.0. The molecule has 6 nitrogen and oxygen atoms in total. The first-order valence-corrected chi connectivity index (χ1v) is 10.9. The fraction of sp³-hybridized carbons (Fsp3) is 0.565. The van der Waals surface area contributed by atoms with E-state index >= 15 is 0 Å². The maximum Gasteiger partial charge on any atom is 0.191 e. The molecule has 0 radical (unpaired) electrons. The first-order chi connectivity index (χ1) is 14.2. The lowest BCUT2D eigenvalue weighted by Crippen LogP contribution is -2.38. The summed E-state index contributed by atoms with van der Waals surface area (Å²) < 4.78 is 6.14. The Morgan fingerprint density at radius 3 is 2.79 bits per heavy atom. The fourth-order valence-corrected chi connectivity index (χ4v) is 3.82. The molecule has 0 aliphatic carbocycles. The number of hydrogen-bond acceptors (Lipinski definition) is 3. The number of ether oxygens (including phenoxy) is 1. The van der Waals surface area contributed by atoms with Gasteiger partial charge in [0.1, 0.15) is 0 Å². The van der Waals surface area contributed by atoms with Crippen LogP contribution in [0, 0.1) is 19.8 Å². The summed E-state index contributed by atoms with van der Waals surface area (Å²) in [5.41, 5.74) is 4.99. The van der Waals surface area contributed by atoms with Crippen LogP contribution in [0.5, 0.6) is 0 Å². The average molecular weight is 398 g/mol. The van der Waals surface area contributed by atoms with Crippen LogP contribution in [0.25, 0.3) is 0 Å². The number of nitrogens with zero attached hydrogens (tertiary/aromatic N) is 2. The zero-order chi connectivity index (χ0) is 20.5. The summed E-state index contributed by atoms with van der Waals surface area (Å²) in [6, 6.07) is 8.73. The number of rotatable bonds is 8. The maximum atomic E-state index is 6.14. The fourth-order valence-electron chi connectivity index (χ4n) is 3.82. The number of aromatic amines is 1. The molecule has 158 valence electrons. The van der Waals surface area contributed by atoms with Crippen LogP contribution in [-0.4, -0.2) is 42.4 Å². The number of aryl methyl sites for hydroxylation is 3. The Morgan fingerprint density at radius 2 is 2.07 bits per heavy atom. The lowest BCUT2D eigenvalue weighted by Gasteiger charge is -2.31. The molecular weight excluding hydrogens is 362 g/mol. The van der Waals surface area contributed by atoms with Gasteiger partial charge in [-0.3, -0.25) is 10.1 Å². The number of H-pyrrole nitrogens is 1. The van der Waals surface area contributed by atoms with E-state index in [1.54, 1.807) is 0 Å². The Bertz CT molecular complexity index is 768. The molecule has 3 rings (SSSR count). The molecule has 0 bridgehead atoms. The Balaban J connectivity index is 1.54. The van der Waals surface area contributed by atoms with Crippen LogP contribution in [0.3, 0.4) is 0 Å². The van der Waals surface area contributed by atoms with E-state index in [2.05, 4.69) is 65.9 Å². The number of benzene rings is 1. The molecule has 2 aromatic rings. The summed E-state index contributed by atoms with van der Waals surface area (Å²) in [6.07, 6.45) is 6.38. The molecule has 3 N–H and O–H groups in total. The van der Waals surface area contributed by atoms with Crippen LogP contribution in [0.4, 0.5) is 0 Å². The van der Waals surface area contributed by atoms with Crippen molar-refractivity contribution in [1.29, 1.82) is 0 Å². The second-order valence-corrected chi connectivity index (χ2v) is 7.87. The van der Waals surface area contributed by atoms with Crippen LogP contribution in [0.15, 0.2) is 35.5 Å². The highest BCUT2D eigenvalue weighted by Gasteiger charge is 2.27. The molecule has 1 fully saturated rings. The van der Waals surface area contributed by atoms with Gasteiger partial charge in [0, 0.05) is 37.9 Å². The molecule has 1 aliphatic rings. The van der Waals surface area contributed by atoms with Crippen LogP contribution in [0.1, 0.15) is 54.7 Å². The number of aliphatic imine (C=N–C) groups is 1. The summed E-state index contributed by atoms with van der Waals surface area (Å²) >= 11 is 0. The maximum absolute atomic E-state index is 6.14. The Kier molecular flexibility index (Phi) is 8.11. The minimum atomic E-state index is 0.139. The van der Waals surface area contributed by atoms with Crippen molar-refractivity contribution in [3.05, 3.63) is 52.8 Å². The van der Waals surface area contributed by atoms with E-state index in [1.165, 1.54) is 16.7 Å². The van der Waals surface area contributed by atoms with Crippen LogP contribution in [-0.2, 0) is 11.2 Å². The van der Waals surface area contributed by atoms with Gasteiger partial charge in [0.2, 0.25) is 0 Å². The van der Waals surface area contributed by atoms with E-state index in [9.17, 15) is 0 Å². The van der Waals surface area contributed by atoms with E-state index in [4.69, 9.17) is 9.73 Å². The number of guanidine groups is 1. The van der Waals surface area contributed by atoms with Gasteiger partial charge >= 0.3 is 0 Å². The highest BCUT2D eigenvalue weighted by atomic mass is 16.5. The van der Waals surface area contributed by atoms with E-state index in [0.717, 1.165) is 63.6 Å². The van der Waals surface area contributed by atoms with Gasteiger partial charge in [-0.25, -0.2) is 0 Å². The molecule has 1 aromatic heterocycles. The van der Waals surface area contributed by atoms with Gasteiger partial charge in [-0.15, -0.1) is 0 Å². The number of aromatic nitrogens is 2. The normalized spacial score (nSPS) is 19.9. The average Bonchev–Trinajstić information content (AvgIpc) is 3.15. The first-order valence-electron chi connectivity index (χ1n) is 10.9. The summed E-state index contributed by atoms with van der Waals surface area (Å²) in [6.45, 7) is 9.64. The molecule has 0 saturated carbocycles. The van der Waals surface area contributed by atoms with Crippen LogP contribution >= 0.6 is 0 Å². The third-order valence-electron chi connectivity index (χ3n) is 5.53. The quantitative estimate of drug-likeness (QED) is 0.361. The Morgan fingerprint density at radius 1 is 1.24 bits per heavy atom. The van der Waals surface area contributed by atoms with Crippen molar-refractivity contribution in [3.63, 3.8) is 0 Å². The topological polar surface area (TPSA) is 74.3 Å². The predicted molar refractivity (Wildman–Crippen MR) is 118 cm³/mol. The molecular formula is C23H35N5O. The van der Waals surface area contributed by atoms with Gasteiger partial charge in [-0.05, 0) is 57.6 Å². The third kappa shape index (κ3) is 6.32. The molecule has 2 atom stereocenters. The standard InChI is InChI=1S/C23H35N5O/c1-4-24-23(25-13-5-7-20-16-27-28-18(20)3)26-15-21-8-6-14-29-22(21)19-11-9-17(2)10-12-19/h9-12,16,21-22H,4-8,13-15H2,1-3H3,(H,27,28)(H2,24,25,26). The highest BCUT2D eigenvalue weighted by Crippen LogP contribution is 2.33. The SMILES string of the molecule is CCNC(=NCC1CCCOC1c1ccc(C)cc1)NCCCc1cn[nH]c1C. The molecule has 6 heteroatoms. The Labute approximate surface area is 174 Å². The van der Waals surface area contributed by atoms with Gasteiger partial charge < -0.3 is 15.4 Å². The Hall–Kier alpha value is -2.34. The third-order valence-corrected chi connectivity index (χ3v) is 5.53. The lowest BCUT2D eigenvalue weighted by molar-refractivity contribution is -0.0250. The summed E-state index contributed by atoms with van der Waals surface area (Å²) in [4.78, 5) is 4.88. The second-order valence-electron chi connectivity index (χ2n) is 7.87. The summed E-state index contributed by atoms with van der Waals surface area (Å²) in [5, 5.41) is 13.9. The zero-order valence-corrected chi connectivity index (χ0v) is 18.0. The highest BCUT2D eigenvalue weighted by molar-refractivity contribution is 5.79. The van der Waals surface area contributed by atoms with E-state index in [0.29, 0.717) is 5.92 Å². The molecule has 1 aromatic carbocycles. The minimum Gasteiger partial charge on any atom is -0.373 e. The van der Waals surface area contributed by atoms with Crippen molar-refractivity contribution in [1.82, 2.24) is 20.8 Å². The van der Waals surface area contributed by atoms with Gasteiger partial charge in [0.15, 0.2) is 5.96 Å². The van der Waals surface area contributed by atoms with E-state index in [-0.39, 0.29) is 6.10 Å². The molecule has 29 heavy (non-hydrogen) atoms. The summed E-state index contributed by atoms with van der Waals surface area (Å²) in [7, 11) is 0. The van der Waals surface area contributed by atoms with E-state index < -0.39 is 0 Å². The minimum absolute atomic E-state index is 0.139. The largest absolute Gasteiger partial charge is 0.373 e. The second kappa shape index (κ2) is 11.0. The first kappa shape index (κ1) is 21.4. The molecule has 2 unspecified atom stereocenters. The molecule has 1 aliphatic heterocycles. The van der Waals surface area contributed by atoms with Gasteiger partial charge in [-0.1, -0.05) is 29.8 Å². The lowest BCUT2D eigenvalue weighted by atomic mass is 9.89. The van der Waals surface area contributed by atoms with Gasteiger partial charge in [0.25, 0.3) is 0 Å². The van der Waals surface area contributed by atoms with E-state index in [1.807, 2.05) is 6.20 Å². The molecule has 1 saturated heterocycles. The number of nitrogens with one attached hydrogen (secondary N) is 3. The van der Waals surface area contributed by atoms with Crippen molar-refractivity contribution < 1.29 is 4.74 Å². The van der Waals surface area contributed by atoms with Gasteiger partial charge in [-0.2, -0.15) is 5.10 Å². The van der Waals surface area contributed by atoms with Crippen LogP contribution in [0.2, 0.25) is 0 Å². The van der Waals surface area contributed by atoms with Crippen molar-refractivity contribution in [3.8, 4) is 0 Å². The molecule has 0 spiro atoms. The van der Waals surface area contributed by atoms with Crippen LogP contribution < -0.4 is 10.6 Å². The van der Waals surface area contributed by atoms with Gasteiger partial charge in [0.05, 0.1) is 12.3 Å². The smallest absolute Gasteiger partial charge is 0.191 e. The number of hydrogen-bond donors (Lipinski definition) is 3. The van der Waals surface area contributed by atoms with Crippen molar-refractivity contribution in [2.24, 2.45) is 10.9 Å².